The topological polar surface area (TPSA) is 57.3 Å². The lowest BCUT2D eigenvalue weighted by Gasteiger charge is -2.20. The highest BCUT2D eigenvalue weighted by molar-refractivity contribution is 5.70. The minimum atomic E-state index is -0.306. The minimum absolute atomic E-state index is 0.0544. The van der Waals surface area contributed by atoms with Crippen LogP contribution in [0.5, 0.6) is 5.75 Å². The van der Waals surface area contributed by atoms with E-state index in [9.17, 15) is 4.79 Å². The van der Waals surface area contributed by atoms with Gasteiger partial charge in [0.25, 0.3) is 0 Å². The standard InChI is InChI=1S/C20H26O5/c1-3-4-17-11-19-18(25-19)10-9-16(12-20(21)24-17)23-13-14-5-7-15(22-2)8-6-14/h5-10,16-19H,3-4,11-13H2,1-2H3/b10-9-/t16?,17-,18-,19+/m0/s1. The first-order valence-corrected chi connectivity index (χ1v) is 8.95. The molecular weight excluding hydrogens is 320 g/mol. The molecule has 0 aliphatic carbocycles. The molecule has 3 rings (SSSR count). The van der Waals surface area contributed by atoms with E-state index in [4.69, 9.17) is 18.9 Å². The molecular formula is C20H26O5. The summed E-state index contributed by atoms with van der Waals surface area (Å²) in [6, 6.07) is 7.71. The maximum absolute atomic E-state index is 12.2. The highest BCUT2D eigenvalue weighted by Crippen LogP contribution is 2.31. The van der Waals surface area contributed by atoms with Crippen molar-refractivity contribution in [1.29, 1.82) is 0 Å². The summed E-state index contributed by atoms with van der Waals surface area (Å²) >= 11 is 0. The van der Waals surface area contributed by atoms with Gasteiger partial charge in [0.15, 0.2) is 0 Å². The Morgan fingerprint density at radius 2 is 2.00 bits per heavy atom. The lowest BCUT2D eigenvalue weighted by atomic mass is 10.1. The van der Waals surface area contributed by atoms with E-state index in [-0.39, 0.29) is 36.8 Å². The van der Waals surface area contributed by atoms with Crippen LogP contribution in [0.15, 0.2) is 36.4 Å². The minimum Gasteiger partial charge on any atom is -0.497 e. The Morgan fingerprint density at radius 3 is 2.72 bits per heavy atom. The van der Waals surface area contributed by atoms with Gasteiger partial charge in [-0.2, -0.15) is 0 Å². The van der Waals surface area contributed by atoms with Gasteiger partial charge in [-0.3, -0.25) is 4.79 Å². The molecule has 4 atom stereocenters. The van der Waals surface area contributed by atoms with Crippen LogP contribution in [0.1, 0.15) is 38.2 Å². The smallest absolute Gasteiger partial charge is 0.309 e. The van der Waals surface area contributed by atoms with Crippen molar-refractivity contribution >= 4 is 5.97 Å². The first-order valence-electron chi connectivity index (χ1n) is 8.95. The van der Waals surface area contributed by atoms with Gasteiger partial charge in [-0.1, -0.05) is 37.6 Å². The van der Waals surface area contributed by atoms with Crippen molar-refractivity contribution in [1.82, 2.24) is 0 Å². The number of rotatable bonds is 6. The summed E-state index contributed by atoms with van der Waals surface area (Å²) in [6.45, 7) is 2.53. The Morgan fingerprint density at radius 1 is 1.20 bits per heavy atom. The second-order valence-corrected chi connectivity index (χ2v) is 6.56. The fraction of sp³-hybridized carbons (Fsp3) is 0.550. The number of hydrogen-bond donors (Lipinski definition) is 0. The predicted octanol–water partition coefficient (Wildman–Crippen LogP) is 3.41. The highest BCUT2D eigenvalue weighted by Gasteiger charge is 2.39. The van der Waals surface area contributed by atoms with Crippen molar-refractivity contribution in [2.24, 2.45) is 0 Å². The molecule has 0 amide bonds. The fourth-order valence-electron chi connectivity index (χ4n) is 3.06. The molecule has 25 heavy (non-hydrogen) atoms. The van der Waals surface area contributed by atoms with Crippen LogP contribution in [-0.4, -0.2) is 37.5 Å². The average Bonchev–Trinajstić information content (AvgIpc) is 3.35. The fourth-order valence-corrected chi connectivity index (χ4v) is 3.06. The van der Waals surface area contributed by atoms with Crippen molar-refractivity contribution in [3.63, 3.8) is 0 Å². The molecule has 136 valence electrons. The zero-order valence-corrected chi connectivity index (χ0v) is 14.9. The van der Waals surface area contributed by atoms with Crippen molar-refractivity contribution in [2.75, 3.05) is 7.11 Å². The third-order valence-corrected chi connectivity index (χ3v) is 4.53. The second kappa shape index (κ2) is 8.50. The van der Waals surface area contributed by atoms with Crippen LogP contribution in [0, 0.1) is 0 Å². The molecule has 0 radical (unpaired) electrons. The van der Waals surface area contributed by atoms with Crippen LogP contribution in [0.2, 0.25) is 0 Å². The van der Waals surface area contributed by atoms with E-state index in [1.807, 2.05) is 36.4 Å². The molecule has 2 aliphatic rings. The SMILES string of the molecule is CCC[C@H]1C[C@H]2O[C@H]2/C=C\C(OCc2ccc(OC)cc2)CC(=O)O1. The van der Waals surface area contributed by atoms with E-state index in [0.717, 1.165) is 30.6 Å². The molecule has 2 heterocycles. The third-order valence-electron chi connectivity index (χ3n) is 4.53. The number of epoxide rings is 1. The first kappa shape index (κ1) is 18.0. The maximum Gasteiger partial charge on any atom is 0.309 e. The molecule has 5 heteroatoms. The molecule has 0 saturated carbocycles. The van der Waals surface area contributed by atoms with E-state index in [0.29, 0.717) is 6.61 Å². The van der Waals surface area contributed by atoms with Crippen LogP contribution in [0.4, 0.5) is 0 Å². The summed E-state index contributed by atoms with van der Waals surface area (Å²) in [6.07, 6.45) is 6.75. The van der Waals surface area contributed by atoms with E-state index < -0.39 is 0 Å². The second-order valence-electron chi connectivity index (χ2n) is 6.56. The number of cyclic esters (lactones) is 1. The first-order chi connectivity index (χ1) is 12.2. The summed E-state index contributed by atoms with van der Waals surface area (Å²) in [5, 5.41) is 0. The largest absolute Gasteiger partial charge is 0.497 e. The van der Waals surface area contributed by atoms with Gasteiger partial charge >= 0.3 is 5.97 Å². The monoisotopic (exact) mass is 346 g/mol. The quantitative estimate of drug-likeness (QED) is 0.449. The van der Waals surface area contributed by atoms with Gasteiger partial charge < -0.3 is 18.9 Å². The van der Waals surface area contributed by atoms with E-state index in [1.54, 1.807) is 7.11 Å². The zero-order chi connectivity index (χ0) is 17.6. The normalized spacial score (nSPS) is 30.1. The molecule has 0 spiro atoms. The lowest BCUT2D eigenvalue weighted by molar-refractivity contribution is -0.152. The third kappa shape index (κ3) is 5.31. The molecule has 0 aromatic heterocycles. The summed E-state index contributed by atoms with van der Waals surface area (Å²) in [4.78, 5) is 12.2. The predicted molar refractivity (Wildman–Crippen MR) is 93.4 cm³/mol. The number of fused-ring (bicyclic) bond motifs is 1. The summed E-state index contributed by atoms with van der Waals surface area (Å²) in [5.41, 5.74) is 1.03. The Kier molecular flexibility index (Phi) is 6.10. The Labute approximate surface area is 148 Å². The lowest BCUT2D eigenvalue weighted by Crippen LogP contribution is -2.25. The molecule has 1 aromatic carbocycles. The molecule has 5 nitrogen and oxygen atoms in total. The zero-order valence-electron chi connectivity index (χ0n) is 14.9. The number of esters is 1. The van der Waals surface area contributed by atoms with E-state index >= 15 is 0 Å². The average molecular weight is 346 g/mol. The number of methoxy groups -OCH3 is 1. The summed E-state index contributed by atoms with van der Waals surface area (Å²) in [7, 11) is 1.64. The van der Waals surface area contributed by atoms with Gasteiger partial charge in [0.05, 0.1) is 32.3 Å². The Hall–Kier alpha value is -1.85. The van der Waals surface area contributed by atoms with Crippen LogP contribution in [0.25, 0.3) is 0 Å². The van der Waals surface area contributed by atoms with Crippen molar-refractivity contribution in [2.45, 2.75) is 63.6 Å². The number of carbonyl (C=O) groups excluding carboxylic acids is 1. The van der Waals surface area contributed by atoms with E-state index in [2.05, 4.69) is 6.92 Å². The number of benzene rings is 1. The van der Waals surface area contributed by atoms with Gasteiger partial charge in [-0.15, -0.1) is 0 Å². The van der Waals surface area contributed by atoms with E-state index in [1.165, 1.54) is 0 Å². The van der Waals surface area contributed by atoms with Crippen LogP contribution in [0.3, 0.4) is 0 Å². The summed E-state index contributed by atoms with van der Waals surface area (Å²) < 4.78 is 22.4. The molecule has 0 bridgehead atoms. The molecule has 1 fully saturated rings. The molecule has 1 saturated heterocycles. The van der Waals surface area contributed by atoms with Crippen LogP contribution >= 0.6 is 0 Å². The number of hydrogen-bond acceptors (Lipinski definition) is 5. The van der Waals surface area contributed by atoms with Crippen molar-refractivity contribution < 1.29 is 23.7 Å². The summed E-state index contributed by atoms with van der Waals surface area (Å²) in [5.74, 6) is 0.603. The van der Waals surface area contributed by atoms with Gasteiger partial charge in [0.2, 0.25) is 0 Å². The van der Waals surface area contributed by atoms with Gasteiger partial charge in [-0.25, -0.2) is 0 Å². The Bertz CT molecular complexity index is 595. The maximum atomic E-state index is 12.2. The van der Waals surface area contributed by atoms with Crippen LogP contribution < -0.4 is 4.74 Å². The molecule has 1 aromatic rings. The highest BCUT2D eigenvalue weighted by atomic mass is 16.6. The number of carbonyl (C=O) groups is 1. The number of ether oxygens (including phenoxy) is 4. The van der Waals surface area contributed by atoms with Gasteiger partial charge in [0.1, 0.15) is 18.0 Å². The van der Waals surface area contributed by atoms with Crippen LogP contribution in [-0.2, 0) is 25.6 Å². The molecule has 0 N–H and O–H groups in total. The molecule has 2 aliphatic heterocycles. The van der Waals surface area contributed by atoms with Crippen molar-refractivity contribution in [3.8, 4) is 5.75 Å². The Balaban J connectivity index is 1.59. The molecule has 1 unspecified atom stereocenters. The van der Waals surface area contributed by atoms with Gasteiger partial charge in [0, 0.05) is 6.42 Å². The van der Waals surface area contributed by atoms with Gasteiger partial charge in [-0.05, 0) is 24.1 Å². The van der Waals surface area contributed by atoms with Crippen molar-refractivity contribution in [3.05, 3.63) is 42.0 Å².